The molecule has 0 aromatic heterocycles. The van der Waals surface area contributed by atoms with E-state index >= 15 is 0 Å². The summed E-state index contributed by atoms with van der Waals surface area (Å²) in [5, 5.41) is 0. The van der Waals surface area contributed by atoms with E-state index in [1.54, 1.807) is 13.2 Å². The van der Waals surface area contributed by atoms with Gasteiger partial charge < -0.3 is 14.2 Å². The molecule has 1 aromatic rings. The number of rotatable bonds is 7. The first-order valence-corrected chi connectivity index (χ1v) is 7.29. The molecule has 4 heteroatoms. The monoisotopic (exact) mass is 290 g/mol. The number of ether oxygens (including phenoxy) is 3. The summed E-state index contributed by atoms with van der Waals surface area (Å²) in [5.74, 6) is 2.29. The van der Waals surface area contributed by atoms with Crippen molar-refractivity contribution in [2.45, 2.75) is 20.3 Å². The molecule has 0 bridgehead atoms. The Morgan fingerprint density at radius 3 is 2.76 bits per heavy atom. The van der Waals surface area contributed by atoms with Crippen molar-refractivity contribution in [3.63, 3.8) is 0 Å². The van der Waals surface area contributed by atoms with Crippen LogP contribution in [0.25, 0.3) is 6.08 Å². The number of carbonyl (C=O) groups is 1. The zero-order valence-electron chi connectivity index (χ0n) is 12.8. The third-order valence-electron chi connectivity index (χ3n) is 3.62. The van der Waals surface area contributed by atoms with Gasteiger partial charge >= 0.3 is 5.97 Å². The minimum Gasteiger partial charge on any atom is -0.493 e. The highest BCUT2D eigenvalue weighted by Crippen LogP contribution is 2.37. The van der Waals surface area contributed by atoms with Crippen LogP contribution in [-0.4, -0.2) is 26.3 Å². The lowest BCUT2D eigenvalue weighted by Gasteiger charge is -2.09. The van der Waals surface area contributed by atoms with Gasteiger partial charge in [0.25, 0.3) is 0 Å². The van der Waals surface area contributed by atoms with Gasteiger partial charge in [0, 0.05) is 6.08 Å². The molecule has 1 aliphatic carbocycles. The van der Waals surface area contributed by atoms with E-state index in [1.807, 2.05) is 25.1 Å². The molecule has 0 saturated heterocycles. The number of benzene rings is 1. The smallest absolute Gasteiger partial charge is 0.330 e. The van der Waals surface area contributed by atoms with Crippen LogP contribution in [0, 0.1) is 11.8 Å². The number of hydrogen-bond donors (Lipinski definition) is 0. The summed E-state index contributed by atoms with van der Waals surface area (Å²) < 4.78 is 15.9. The van der Waals surface area contributed by atoms with E-state index in [0.29, 0.717) is 36.5 Å². The first-order valence-electron chi connectivity index (χ1n) is 7.29. The van der Waals surface area contributed by atoms with Crippen LogP contribution in [0.2, 0.25) is 0 Å². The number of carbonyl (C=O) groups excluding carboxylic acids is 1. The summed E-state index contributed by atoms with van der Waals surface area (Å²) >= 11 is 0. The van der Waals surface area contributed by atoms with Crippen molar-refractivity contribution in [3.8, 4) is 11.5 Å². The van der Waals surface area contributed by atoms with Crippen LogP contribution in [0.3, 0.4) is 0 Å². The minimum absolute atomic E-state index is 0.303. The molecule has 0 spiro atoms. The second-order valence-electron chi connectivity index (χ2n) is 5.28. The van der Waals surface area contributed by atoms with Gasteiger partial charge in [-0.2, -0.15) is 0 Å². The molecule has 0 aliphatic heterocycles. The molecule has 2 unspecified atom stereocenters. The molecule has 4 nitrogen and oxygen atoms in total. The molecule has 0 radical (unpaired) electrons. The average molecular weight is 290 g/mol. The Bertz CT molecular complexity index is 522. The molecular weight excluding hydrogens is 268 g/mol. The van der Waals surface area contributed by atoms with Gasteiger partial charge in [-0.25, -0.2) is 4.79 Å². The third kappa shape index (κ3) is 4.52. The first kappa shape index (κ1) is 15.4. The van der Waals surface area contributed by atoms with Crippen LogP contribution >= 0.6 is 0 Å². The molecule has 1 fully saturated rings. The maximum Gasteiger partial charge on any atom is 0.330 e. The Hall–Kier alpha value is -1.97. The Morgan fingerprint density at radius 1 is 1.38 bits per heavy atom. The van der Waals surface area contributed by atoms with Gasteiger partial charge in [0.2, 0.25) is 0 Å². The maximum atomic E-state index is 11.6. The number of esters is 1. The van der Waals surface area contributed by atoms with Crippen LogP contribution in [0.5, 0.6) is 11.5 Å². The SMILES string of the molecule is CCOc1cc(/C=C/C(=O)OCC2CC2C)ccc1OC. The summed E-state index contributed by atoms with van der Waals surface area (Å²) in [6.45, 7) is 5.17. The second-order valence-corrected chi connectivity index (χ2v) is 5.28. The van der Waals surface area contributed by atoms with Crippen molar-refractivity contribution in [2.75, 3.05) is 20.3 Å². The molecule has 0 amide bonds. The Kier molecular flexibility index (Phi) is 5.26. The van der Waals surface area contributed by atoms with Crippen molar-refractivity contribution >= 4 is 12.0 Å². The quantitative estimate of drug-likeness (QED) is 0.571. The average Bonchev–Trinajstić information content (AvgIpc) is 3.19. The molecule has 2 atom stereocenters. The molecule has 0 N–H and O–H groups in total. The fourth-order valence-corrected chi connectivity index (χ4v) is 2.10. The van der Waals surface area contributed by atoms with Gasteiger partial charge in [-0.3, -0.25) is 0 Å². The summed E-state index contributed by atoms with van der Waals surface area (Å²) in [4.78, 5) is 11.6. The summed E-state index contributed by atoms with van der Waals surface area (Å²) in [6, 6.07) is 5.53. The summed E-state index contributed by atoms with van der Waals surface area (Å²) in [6.07, 6.45) is 4.33. The lowest BCUT2D eigenvalue weighted by atomic mass is 10.2. The van der Waals surface area contributed by atoms with E-state index in [2.05, 4.69) is 6.92 Å². The number of methoxy groups -OCH3 is 1. The number of hydrogen-bond acceptors (Lipinski definition) is 4. The lowest BCUT2D eigenvalue weighted by Crippen LogP contribution is -2.04. The standard InChI is InChI=1S/C17H22O4/c1-4-20-16-10-13(5-7-15(16)19-3)6-8-17(18)21-11-14-9-12(14)2/h5-8,10,12,14H,4,9,11H2,1-3H3/b8-6+. The maximum absolute atomic E-state index is 11.6. The van der Waals surface area contributed by atoms with Crippen molar-refractivity contribution in [2.24, 2.45) is 11.8 Å². The van der Waals surface area contributed by atoms with Gasteiger partial charge in [0.05, 0.1) is 20.3 Å². The predicted octanol–water partition coefficient (Wildman–Crippen LogP) is 3.31. The molecule has 0 heterocycles. The van der Waals surface area contributed by atoms with E-state index in [4.69, 9.17) is 14.2 Å². The van der Waals surface area contributed by atoms with Gasteiger partial charge in [-0.15, -0.1) is 0 Å². The molecule has 1 saturated carbocycles. The highest BCUT2D eigenvalue weighted by atomic mass is 16.5. The van der Waals surface area contributed by atoms with Crippen LogP contribution in [0.4, 0.5) is 0 Å². The molecule has 114 valence electrons. The second kappa shape index (κ2) is 7.16. The first-order chi connectivity index (χ1) is 10.1. The minimum atomic E-state index is -0.303. The van der Waals surface area contributed by atoms with Crippen molar-refractivity contribution in [3.05, 3.63) is 29.8 Å². The predicted molar refractivity (Wildman–Crippen MR) is 81.4 cm³/mol. The largest absolute Gasteiger partial charge is 0.493 e. The Balaban J connectivity index is 1.92. The van der Waals surface area contributed by atoms with Gasteiger partial charge in [-0.1, -0.05) is 13.0 Å². The summed E-state index contributed by atoms with van der Waals surface area (Å²) in [5.41, 5.74) is 0.871. The highest BCUT2D eigenvalue weighted by molar-refractivity contribution is 5.87. The van der Waals surface area contributed by atoms with E-state index in [0.717, 1.165) is 12.0 Å². The van der Waals surface area contributed by atoms with E-state index < -0.39 is 0 Å². The zero-order valence-corrected chi connectivity index (χ0v) is 12.8. The molecule has 1 aliphatic rings. The van der Waals surface area contributed by atoms with Crippen molar-refractivity contribution in [1.82, 2.24) is 0 Å². The fraction of sp³-hybridized carbons (Fsp3) is 0.471. The van der Waals surface area contributed by atoms with E-state index in [-0.39, 0.29) is 5.97 Å². The topological polar surface area (TPSA) is 44.8 Å². The van der Waals surface area contributed by atoms with Gasteiger partial charge in [0.15, 0.2) is 11.5 Å². The normalized spacial score (nSPS) is 20.3. The lowest BCUT2D eigenvalue weighted by molar-refractivity contribution is -0.138. The van der Waals surface area contributed by atoms with Crippen molar-refractivity contribution < 1.29 is 19.0 Å². The highest BCUT2D eigenvalue weighted by Gasteiger charge is 2.33. The van der Waals surface area contributed by atoms with Gasteiger partial charge in [-0.05, 0) is 49.0 Å². The fourth-order valence-electron chi connectivity index (χ4n) is 2.10. The third-order valence-corrected chi connectivity index (χ3v) is 3.62. The molecule has 21 heavy (non-hydrogen) atoms. The zero-order chi connectivity index (χ0) is 15.2. The van der Waals surface area contributed by atoms with Crippen LogP contribution in [-0.2, 0) is 9.53 Å². The summed E-state index contributed by atoms with van der Waals surface area (Å²) in [7, 11) is 1.60. The Morgan fingerprint density at radius 2 is 2.14 bits per heavy atom. The Labute approximate surface area is 125 Å². The van der Waals surface area contributed by atoms with E-state index in [9.17, 15) is 4.79 Å². The van der Waals surface area contributed by atoms with Crippen LogP contribution < -0.4 is 9.47 Å². The molecule has 2 rings (SSSR count). The van der Waals surface area contributed by atoms with Crippen molar-refractivity contribution in [1.29, 1.82) is 0 Å². The van der Waals surface area contributed by atoms with E-state index in [1.165, 1.54) is 6.08 Å². The van der Waals surface area contributed by atoms with Crippen LogP contribution in [0.15, 0.2) is 24.3 Å². The molecular formula is C17H22O4. The van der Waals surface area contributed by atoms with Gasteiger partial charge in [0.1, 0.15) is 0 Å². The van der Waals surface area contributed by atoms with Crippen LogP contribution in [0.1, 0.15) is 25.8 Å². The molecule has 1 aromatic carbocycles.